The van der Waals surface area contributed by atoms with Crippen LogP contribution in [-0.4, -0.2) is 16.1 Å². The average molecular weight is 257 g/mol. The predicted molar refractivity (Wildman–Crippen MR) is 67.8 cm³/mol. The molecule has 0 saturated heterocycles. The van der Waals surface area contributed by atoms with Crippen LogP contribution in [0, 0.1) is 5.82 Å². The highest BCUT2D eigenvalue weighted by Gasteiger charge is 2.29. The Balaban J connectivity index is 2.15. The highest BCUT2D eigenvalue weighted by molar-refractivity contribution is 5.90. The molecular formula is C15H12FNO2. The van der Waals surface area contributed by atoms with Gasteiger partial charge in [0.05, 0.1) is 11.3 Å². The van der Waals surface area contributed by atoms with Gasteiger partial charge in [0.2, 0.25) is 0 Å². The lowest BCUT2D eigenvalue weighted by Crippen LogP contribution is -2.10. The quantitative estimate of drug-likeness (QED) is 0.899. The molecule has 3 rings (SSSR count). The molecule has 1 aliphatic rings. The zero-order chi connectivity index (χ0) is 13.4. The molecule has 1 aromatic heterocycles. The van der Waals surface area contributed by atoms with Crippen molar-refractivity contribution in [3.8, 4) is 0 Å². The number of pyridine rings is 1. The van der Waals surface area contributed by atoms with Crippen LogP contribution in [0.5, 0.6) is 0 Å². The Morgan fingerprint density at radius 2 is 2.16 bits per heavy atom. The fraction of sp³-hybridized carbons (Fsp3) is 0.200. The van der Waals surface area contributed by atoms with Crippen molar-refractivity contribution in [2.24, 2.45) is 0 Å². The van der Waals surface area contributed by atoms with E-state index < -0.39 is 11.8 Å². The van der Waals surface area contributed by atoms with Gasteiger partial charge in [-0.05, 0) is 36.1 Å². The summed E-state index contributed by atoms with van der Waals surface area (Å²) < 4.78 is 13.7. The molecule has 0 aliphatic heterocycles. The van der Waals surface area contributed by atoms with Gasteiger partial charge >= 0.3 is 5.97 Å². The van der Waals surface area contributed by atoms with Gasteiger partial charge in [-0.3, -0.25) is 4.98 Å². The minimum Gasteiger partial charge on any atom is -0.478 e. The van der Waals surface area contributed by atoms with E-state index in [1.54, 1.807) is 18.3 Å². The molecular weight excluding hydrogens is 245 g/mol. The molecule has 0 bridgehead atoms. The second kappa shape index (κ2) is 4.46. The number of carbonyl (C=O) groups is 1. The van der Waals surface area contributed by atoms with E-state index in [4.69, 9.17) is 0 Å². The van der Waals surface area contributed by atoms with Crippen molar-refractivity contribution in [3.05, 3.63) is 64.7 Å². The number of aryl methyl sites for hydroxylation is 1. The van der Waals surface area contributed by atoms with Gasteiger partial charge in [-0.2, -0.15) is 0 Å². The zero-order valence-electron chi connectivity index (χ0n) is 10.1. The Morgan fingerprint density at radius 1 is 1.32 bits per heavy atom. The normalized spacial score (nSPS) is 17.2. The van der Waals surface area contributed by atoms with Gasteiger partial charge in [-0.1, -0.05) is 18.2 Å². The van der Waals surface area contributed by atoms with Gasteiger partial charge in [0.25, 0.3) is 0 Å². The third kappa shape index (κ3) is 1.89. The number of hydrogen-bond donors (Lipinski definition) is 1. The molecule has 1 atom stereocenters. The number of carboxylic acids is 1. The second-order valence-corrected chi connectivity index (χ2v) is 4.65. The number of halogens is 1. The average Bonchev–Trinajstić information content (AvgIpc) is 2.81. The number of hydrogen-bond acceptors (Lipinski definition) is 2. The monoisotopic (exact) mass is 257 g/mol. The SMILES string of the molecule is O=C(O)c1c(F)cccc1C1CCc2cccnc21. The summed E-state index contributed by atoms with van der Waals surface area (Å²) in [5, 5.41) is 9.19. The predicted octanol–water partition coefficient (Wildman–Crippen LogP) is 3.00. The molecule has 96 valence electrons. The zero-order valence-corrected chi connectivity index (χ0v) is 10.1. The van der Waals surface area contributed by atoms with E-state index in [1.165, 1.54) is 6.07 Å². The minimum atomic E-state index is -1.22. The Kier molecular flexibility index (Phi) is 2.78. The molecule has 0 radical (unpaired) electrons. The summed E-state index contributed by atoms with van der Waals surface area (Å²) >= 11 is 0. The molecule has 0 fully saturated rings. The number of aromatic carboxylic acids is 1. The first-order valence-electron chi connectivity index (χ1n) is 6.14. The molecule has 19 heavy (non-hydrogen) atoms. The Labute approximate surface area is 109 Å². The highest BCUT2D eigenvalue weighted by Crippen LogP contribution is 2.38. The molecule has 3 nitrogen and oxygen atoms in total. The lowest BCUT2D eigenvalue weighted by molar-refractivity contribution is 0.0690. The van der Waals surface area contributed by atoms with Crippen LogP contribution in [0.3, 0.4) is 0 Å². The number of aromatic nitrogens is 1. The van der Waals surface area contributed by atoms with Gasteiger partial charge in [0.15, 0.2) is 0 Å². The van der Waals surface area contributed by atoms with Crippen molar-refractivity contribution in [2.45, 2.75) is 18.8 Å². The standard InChI is InChI=1S/C15H12FNO2/c16-12-5-1-4-10(13(12)15(18)19)11-7-6-9-3-2-8-17-14(9)11/h1-5,8,11H,6-7H2,(H,18,19). The maximum Gasteiger partial charge on any atom is 0.338 e. The summed E-state index contributed by atoms with van der Waals surface area (Å²) in [5.41, 5.74) is 2.28. The van der Waals surface area contributed by atoms with Gasteiger partial charge in [-0.25, -0.2) is 9.18 Å². The van der Waals surface area contributed by atoms with Gasteiger partial charge in [0, 0.05) is 12.1 Å². The molecule has 4 heteroatoms. The number of fused-ring (bicyclic) bond motifs is 1. The summed E-state index contributed by atoms with van der Waals surface area (Å²) in [5.74, 6) is -2.04. The lowest BCUT2D eigenvalue weighted by Gasteiger charge is -2.14. The van der Waals surface area contributed by atoms with E-state index in [0.717, 1.165) is 24.1 Å². The fourth-order valence-corrected chi connectivity index (χ4v) is 2.77. The first-order chi connectivity index (χ1) is 9.18. The van der Waals surface area contributed by atoms with Crippen molar-refractivity contribution in [1.82, 2.24) is 4.98 Å². The highest BCUT2D eigenvalue weighted by atomic mass is 19.1. The van der Waals surface area contributed by atoms with Gasteiger partial charge in [-0.15, -0.1) is 0 Å². The Hall–Kier alpha value is -2.23. The van der Waals surface area contributed by atoms with Crippen molar-refractivity contribution in [3.63, 3.8) is 0 Å². The van der Waals surface area contributed by atoms with E-state index in [0.29, 0.717) is 5.56 Å². The molecule has 1 aliphatic carbocycles. The number of carboxylic acid groups (broad SMARTS) is 1. The first kappa shape index (κ1) is 11.8. The summed E-state index contributed by atoms with van der Waals surface area (Å²) in [6.45, 7) is 0. The molecule has 2 aromatic rings. The summed E-state index contributed by atoms with van der Waals surface area (Å²) in [6, 6.07) is 8.27. The molecule has 1 heterocycles. The number of nitrogens with zero attached hydrogens (tertiary/aromatic N) is 1. The lowest BCUT2D eigenvalue weighted by atomic mass is 9.91. The van der Waals surface area contributed by atoms with E-state index in [9.17, 15) is 14.3 Å². The number of benzene rings is 1. The van der Waals surface area contributed by atoms with Crippen molar-refractivity contribution in [2.75, 3.05) is 0 Å². The maximum atomic E-state index is 13.7. The molecule has 1 aromatic carbocycles. The third-order valence-electron chi connectivity index (χ3n) is 3.59. The summed E-state index contributed by atoms with van der Waals surface area (Å²) in [6.07, 6.45) is 3.32. The summed E-state index contributed by atoms with van der Waals surface area (Å²) in [7, 11) is 0. The smallest absolute Gasteiger partial charge is 0.338 e. The Morgan fingerprint density at radius 3 is 2.95 bits per heavy atom. The molecule has 1 unspecified atom stereocenters. The fourth-order valence-electron chi connectivity index (χ4n) is 2.77. The molecule has 0 saturated carbocycles. The van der Waals surface area contributed by atoms with Crippen molar-refractivity contribution < 1.29 is 14.3 Å². The van der Waals surface area contributed by atoms with E-state index >= 15 is 0 Å². The van der Waals surface area contributed by atoms with Crippen LogP contribution in [0.15, 0.2) is 36.5 Å². The van der Waals surface area contributed by atoms with Crippen LogP contribution in [-0.2, 0) is 6.42 Å². The molecule has 0 amide bonds. The van der Waals surface area contributed by atoms with Crippen LogP contribution in [0.25, 0.3) is 0 Å². The van der Waals surface area contributed by atoms with Crippen LogP contribution < -0.4 is 0 Å². The molecule has 1 N–H and O–H groups in total. The van der Waals surface area contributed by atoms with E-state index in [1.807, 2.05) is 12.1 Å². The van der Waals surface area contributed by atoms with Crippen molar-refractivity contribution in [1.29, 1.82) is 0 Å². The van der Waals surface area contributed by atoms with E-state index in [2.05, 4.69) is 4.98 Å². The largest absolute Gasteiger partial charge is 0.478 e. The second-order valence-electron chi connectivity index (χ2n) is 4.65. The van der Waals surface area contributed by atoms with E-state index in [-0.39, 0.29) is 11.5 Å². The van der Waals surface area contributed by atoms with Gasteiger partial charge < -0.3 is 5.11 Å². The topological polar surface area (TPSA) is 50.2 Å². The summed E-state index contributed by atoms with van der Waals surface area (Å²) in [4.78, 5) is 15.6. The van der Waals surface area contributed by atoms with Gasteiger partial charge in [0.1, 0.15) is 5.82 Å². The van der Waals surface area contributed by atoms with Crippen LogP contribution in [0.2, 0.25) is 0 Å². The van der Waals surface area contributed by atoms with Crippen LogP contribution in [0.1, 0.15) is 39.5 Å². The maximum absolute atomic E-state index is 13.7. The van der Waals surface area contributed by atoms with Crippen molar-refractivity contribution >= 4 is 5.97 Å². The Bertz CT molecular complexity index is 654. The molecule has 0 spiro atoms. The first-order valence-corrected chi connectivity index (χ1v) is 6.14. The van der Waals surface area contributed by atoms with Crippen LogP contribution in [0.4, 0.5) is 4.39 Å². The third-order valence-corrected chi connectivity index (χ3v) is 3.59. The van der Waals surface area contributed by atoms with Crippen LogP contribution >= 0.6 is 0 Å². The minimum absolute atomic E-state index is 0.127. The number of rotatable bonds is 2.